The molecule has 0 saturated heterocycles. The molecule has 0 aromatic heterocycles. The minimum Gasteiger partial charge on any atom is -0.312 e. The van der Waals surface area contributed by atoms with Crippen molar-refractivity contribution < 1.29 is 27.2 Å². The number of carbonyl (C=O) groups is 1. The van der Waals surface area contributed by atoms with Gasteiger partial charge in [0.05, 0.1) is 0 Å². The number of Topliss-reactive ketones (excluding diaryl/α,β-unsaturated/α-hetero) is 1. The highest BCUT2D eigenvalue weighted by molar-refractivity contribution is 7.54. The summed E-state index contributed by atoms with van der Waals surface area (Å²) in [5.74, 6) is -2.90. The van der Waals surface area contributed by atoms with Crippen LogP contribution in [-0.2, 0) is 18.4 Å². The second-order valence-electron chi connectivity index (χ2n) is 3.99. The molecular weight excluding hydrogens is 277 g/mol. The van der Waals surface area contributed by atoms with Crippen molar-refractivity contribution in [2.45, 2.75) is 12.8 Å². The van der Waals surface area contributed by atoms with E-state index >= 15 is 0 Å². The average Bonchev–Trinajstić information content (AvgIpc) is 2.37. The summed E-state index contributed by atoms with van der Waals surface area (Å²) in [6.45, 7) is 1.45. The maximum atomic E-state index is 13.5. The number of carbonyl (C=O) groups excluding carboxylic acids is 1. The summed E-state index contributed by atoms with van der Waals surface area (Å²) in [7, 11) is -1.15. The van der Waals surface area contributed by atoms with E-state index < -0.39 is 37.1 Å². The molecule has 0 saturated carbocycles. The van der Waals surface area contributed by atoms with Crippen LogP contribution in [-0.4, -0.2) is 26.2 Å². The molecule has 1 aromatic carbocycles. The van der Waals surface area contributed by atoms with Crippen LogP contribution < -0.4 is 0 Å². The third-order valence-electron chi connectivity index (χ3n) is 2.82. The molecule has 0 unspecified atom stereocenters. The second kappa shape index (κ2) is 6.37. The summed E-state index contributed by atoms with van der Waals surface area (Å²) in [5.41, 5.74) is 0.0464. The monoisotopic (exact) mass is 292 g/mol. The SMILES string of the molecule is COP(=O)(CC(=O)[C@@H](C)c1ccc(F)cc1F)OC. The molecule has 19 heavy (non-hydrogen) atoms. The van der Waals surface area contributed by atoms with Crippen LogP contribution in [0.25, 0.3) is 0 Å². The van der Waals surface area contributed by atoms with Crippen molar-refractivity contribution in [3.8, 4) is 0 Å². The van der Waals surface area contributed by atoms with E-state index in [1.807, 2.05) is 0 Å². The van der Waals surface area contributed by atoms with Crippen molar-refractivity contribution in [1.82, 2.24) is 0 Å². The zero-order chi connectivity index (χ0) is 14.6. The Balaban J connectivity index is 2.91. The smallest absolute Gasteiger partial charge is 0.312 e. The Morgan fingerprint density at radius 3 is 2.37 bits per heavy atom. The second-order valence-corrected chi connectivity index (χ2v) is 6.26. The van der Waals surface area contributed by atoms with Crippen LogP contribution in [0.4, 0.5) is 8.78 Å². The van der Waals surface area contributed by atoms with Crippen LogP contribution in [0.2, 0.25) is 0 Å². The molecule has 0 heterocycles. The average molecular weight is 292 g/mol. The first-order valence-corrected chi connectivity index (χ1v) is 7.24. The quantitative estimate of drug-likeness (QED) is 0.756. The molecule has 0 spiro atoms. The lowest BCUT2D eigenvalue weighted by Crippen LogP contribution is -2.16. The van der Waals surface area contributed by atoms with Gasteiger partial charge in [-0.2, -0.15) is 0 Å². The van der Waals surface area contributed by atoms with Crippen molar-refractivity contribution in [2.75, 3.05) is 20.4 Å². The number of benzene rings is 1. The maximum Gasteiger partial charge on any atom is 0.337 e. The van der Waals surface area contributed by atoms with Crippen LogP contribution in [0.3, 0.4) is 0 Å². The Morgan fingerprint density at radius 1 is 1.32 bits per heavy atom. The Kier molecular flexibility index (Phi) is 5.35. The third-order valence-corrected chi connectivity index (χ3v) is 4.63. The van der Waals surface area contributed by atoms with Crippen molar-refractivity contribution in [3.63, 3.8) is 0 Å². The number of hydrogen-bond donors (Lipinski definition) is 0. The Bertz CT molecular complexity index is 510. The molecule has 1 rings (SSSR count). The van der Waals surface area contributed by atoms with Crippen LogP contribution in [0.1, 0.15) is 18.4 Å². The fraction of sp³-hybridized carbons (Fsp3) is 0.417. The lowest BCUT2D eigenvalue weighted by molar-refractivity contribution is -0.118. The molecular formula is C12H15F2O4P. The Labute approximate surface area is 110 Å². The van der Waals surface area contributed by atoms with E-state index in [4.69, 9.17) is 0 Å². The first-order chi connectivity index (χ1) is 8.83. The van der Waals surface area contributed by atoms with Gasteiger partial charge in [-0.15, -0.1) is 0 Å². The van der Waals surface area contributed by atoms with E-state index in [0.717, 1.165) is 6.07 Å². The number of ketones is 1. The van der Waals surface area contributed by atoms with Gasteiger partial charge in [0.15, 0.2) is 5.78 Å². The zero-order valence-corrected chi connectivity index (χ0v) is 11.7. The van der Waals surface area contributed by atoms with Crippen molar-refractivity contribution in [1.29, 1.82) is 0 Å². The molecule has 0 bridgehead atoms. The third kappa shape index (κ3) is 3.93. The lowest BCUT2D eigenvalue weighted by atomic mass is 9.97. The van der Waals surface area contributed by atoms with Gasteiger partial charge in [-0.25, -0.2) is 8.78 Å². The van der Waals surface area contributed by atoms with Crippen LogP contribution in [0, 0.1) is 11.6 Å². The standard InChI is InChI=1S/C12H15F2O4P/c1-8(10-5-4-9(13)6-11(10)14)12(15)7-19(16,17-2)18-3/h4-6,8H,7H2,1-3H3/t8-/m0/s1. The van der Waals surface area contributed by atoms with Gasteiger partial charge in [0, 0.05) is 26.2 Å². The fourth-order valence-corrected chi connectivity index (χ4v) is 2.62. The van der Waals surface area contributed by atoms with Crippen LogP contribution >= 0.6 is 7.60 Å². The molecule has 106 valence electrons. The molecule has 1 aromatic rings. The topological polar surface area (TPSA) is 52.6 Å². The molecule has 0 amide bonds. The number of hydrogen-bond acceptors (Lipinski definition) is 4. The largest absolute Gasteiger partial charge is 0.337 e. The predicted molar refractivity (Wildman–Crippen MR) is 66.3 cm³/mol. The zero-order valence-electron chi connectivity index (χ0n) is 10.9. The summed E-state index contributed by atoms with van der Waals surface area (Å²) in [6.07, 6.45) is -0.460. The van der Waals surface area contributed by atoms with Gasteiger partial charge in [0.1, 0.15) is 17.8 Å². The summed E-state index contributed by atoms with van der Waals surface area (Å²) in [5, 5.41) is 0. The van der Waals surface area contributed by atoms with Crippen LogP contribution in [0.15, 0.2) is 18.2 Å². The van der Waals surface area contributed by atoms with Crippen molar-refractivity contribution in [2.24, 2.45) is 0 Å². The summed E-state index contributed by atoms with van der Waals surface area (Å²) >= 11 is 0. The molecule has 0 N–H and O–H groups in total. The van der Waals surface area contributed by atoms with Gasteiger partial charge in [0.2, 0.25) is 0 Å². The first-order valence-electron chi connectivity index (χ1n) is 5.51. The molecule has 1 atom stereocenters. The van der Waals surface area contributed by atoms with E-state index in [1.165, 1.54) is 27.2 Å². The molecule has 0 aliphatic carbocycles. The molecule has 0 aliphatic heterocycles. The fourth-order valence-electron chi connectivity index (χ4n) is 1.56. The van der Waals surface area contributed by atoms with E-state index in [2.05, 4.69) is 9.05 Å². The summed E-state index contributed by atoms with van der Waals surface area (Å²) in [6, 6.07) is 2.96. The van der Waals surface area contributed by atoms with E-state index in [9.17, 15) is 18.1 Å². The minimum atomic E-state index is -3.48. The van der Waals surface area contributed by atoms with Crippen molar-refractivity contribution >= 4 is 13.4 Å². The van der Waals surface area contributed by atoms with Gasteiger partial charge < -0.3 is 9.05 Å². The molecule has 0 aliphatic rings. The summed E-state index contributed by atoms with van der Waals surface area (Å²) in [4.78, 5) is 11.9. The first kappa shape index (κ1) is 16.0. The van der Waals surface area contributed by atoms with E-state index in [0.29, 0.717) is 6.07 Å². The van der Waals surface area contributed by atoms with E-state index in [-0.39, 0.29) is 5.56 Å². The number of rotatable bonds is 6. The van der Waals surface area contributed by atoms with Gasteiger partial charge >= 0.3 is 7.60 Å². The lowest BCUT2D eigenvalue weighted by Gasteiger charge is -2.16. The van der Waals surface area contributed by atoms with E-state index in [1.54, 1.807) is 0 Å². The molecule has 0 fully saturated rings. The molecule has 4 nitrogen and oxygen atoms in total. The van der Waals surface area contributed by atoms with Crippen molar-refractivity contribution in [3.05, 3.63) is 35.4 Å². The Morgan fingerprint density at radius 2 is 1.89 bits per heavy atom. The highest BCUT2D eigenvalue weighted by Gasteiger charge is 2.29. The van der Waals surface area contributed by atoms with Gasteiger partial charge in [-0.1, -0.05) is 13.0 Å². The molecule has 7 heteroatoms. The van der Waals surface area contributed by atoms with Gasteiger partial charge in [0.25, 0.3) is 0 Å². The predicted octanol–water partition coefficient (Wildman–Crippen LogP) is 3.12. The maximum absolute atomic E-state index is 13.5. The Hall–Kier alpha value is -1.10. The highest BCUT2D eigenvalue weighted by Crippen LogP contribution is 2.47. The highest BCUT2D eigenvalue weighted by atomic mass is 31.2. The summed E-state index contributed by atoms with van der Waals surface area (Å²) < 4.78 is 47.4. The normalized spacial score (nSPS) is 13.3. The van der Waals surface area contributed by atoms with Gasteiger partial charge in [-0.3, -0.25) is 9.36 Å². The molecule has 0 radical (unpaired) electrons. The minimum absolute atomic E-state index is 0.0464. The van der Waals surface area contributed by atoms with Crippen LogP contribution in [0.5, 0.6) is 0 Å². The number of halogens is 2. The van der Waals surface area contributed by atoms with Gasteiger partial charge in [-0.05, 0) is 11.6 Å².